The first kappa shape index (κ1) is 23.0. The minimum Gasteiger partial charge on any atom is -0.381 e. The van der Waals surface area contributed by atoms with Gasteiger partial charge in [0.1, 0.15) is 0 Å². The van der Waals surface area contributed by atoms with E-state index in [4.69, 9.17) is 4.74 Å². The topological polar surface area (TPSA) is 9.23 Å². The van der Waals surface area contributed by atoms with Crippen LogP contribution in [0.1, 0.15) is 122 Å². The fourth-order valence-corrected chi connectivity index (χ4v) is 3.06. The van der Waals surface area contributed by atoms with E-state index in [1.54, 1.807) is 0 Å². The first-order chi connectivity index (χ1) is 11.4. The van der Waals surface area contributed by atoms with Gasteiger partial charge < -0.3 is 4.74 Å². The Kier molecular flexibility index (Phi) is 21.9. The number of hydrogen-bond donors (Lipinski definition) is 0. The molecule has 1 heteroatoms. The van der Waals surface area contributed by atoms with Crippen LogP contribution in [0.15, 0.2) is 0 Å². The molecule has 0 aliphatic rings. The van der Waals surface area contributed by atoms with Gasteiger partial charge in [-0.1, -0.05) is 117 Å². The zero-order valence-corrected chi connectivity index (χ0v) is 16.3. The normalized spacial score (nSPS) is 11.2. The summed E-state index contributed by atoms with van der Waals surface area (Å²) in [7, 11) is 0. The molecule has 1 nitrogen and oxygen atoms in total. The van der Waals surface area contributed by atoms with Gasteiger partial charge in [-0.3, -0.25) is 0 Å². The predicted molar refractivity (Wildman–Crippen MR) is 105 cm³/mol. The maximum atomic E-state index is 5.55. The van der Waals surface area contributed by atoms with E-state index < -0.39 is 0 Å². The van der Waals surface area contributed by atoms with Gasteiger partial charge in [0.25, 0.3) is 0 Å². The van der Waals surface area contributed by atoms with Gasteiger partial charge in [0.15, 0.2) is 0 Å². The molecule has 0 unspecified atom stereocenters. The molecule has 0 fully saturated rings. The van der Waals surface area contributed by atoms with Gasteiger partial charge in [-0.15, -0.1) is 0 Å². The third-order valence-corrected chi connectivity index (χ3v) is 4.68. The number of ether oxygens (including phenoxy) is 1. The summed E-state index contributed by atoms with van der Waals surface area (Å²) in [4.78, 5) is 0. The van der Waals surface area contributed by atoms with Crippen LogP contribution in [0.4, 0.5) is 0 Å². The first-order valence-electron chi connectivity index (χ1n) is 10.8. The summed E-state index contributed by atoms with van der Waals surface area (Å²) in [5.74, 6) is 0. The Hall–Kier alpha value is -0.0400. The van der Waals surface area contributed by atoms with Crippen LogP contribution in [-0.2, 0) is 4.74 Å². The first-order valence-corrected chi connectivity index (χ1v) is 10.8. The number of unbranched alkanes of at least 4 members (excludes halogenated alkanes) is 16. The van der Waals surface area contributed by atoms with Crippen molar-refractivity contribution in [2.45, 2.75) is 122 Å². The molecule has 0 rings (SSSR count). The van der Waals surface area contributed by atoms with Crippen molar-refractivity contribution in [1.29, 1.82) is 0 Å². The molecule has 1 radical (unpaired) electrons. The van der Waals surface area contributed by atoms with Gasteiger partial charge in [-0.05, 0) is 12.8 Å². The van der Waals surface area contributed by atoms with E-state index in [0.717, 1.165) is 26.1 Å². The number of hydrogen-bond acceptors (Lipinski definition) is 1. The van der Waals surface area contributed by atoms with Crippen LogP contribution in [0.2, 0.25) is 0 Å². The summed E-state index contributed by atoms with van der Waals surface area (Å²) in [5.41, 5.74) is 0. The lowest BCUT2D eigenvalue weighted by Crippen LogP contribution is -1.96. The Morgan fingerprint density at radius 1 is 0.478 bits per heavy atom. The second-order valence-corrected chi connectivity index (χ2v) is 7.12. The molecule has 0 aliphatic carbocycles. The zero-order valence-electron chi connectivity index (χ0n) is 16.3. The Labute approximate surface area is 148 Å². The van der Waals surface area contributed by atoms with E-state index in [1.807, 2.05) is 0 Å². The highest BCUT2D eigenvalue weighted by atomic mass is 16.5. The van der Waals surface area contributed by atoms with Crippen molar-refractivity contribution >= 4 is 0 Å². The molecule has 0 aromatic rings. The molecule has 23 heavy (non-hydrogen) atoms. The van der Waals surface area contributed by atoms with Crippen LogP contribution in [0.5, 0.6) is 0 Å². The van der Waals surface area contributed by atoms with Crippen molar-refractivity contribution < 1.29 is 4.74 Å². The van der Waals surface area contributed by atoms with Gasteiger partial charge in [0.05, 0.1) is 0 Å². The molecule has 0 atom stereocenters. The van der Waals surface area contributed by atoms with Crippen molar-refractivity contribution in [2.24, 2.45) is 0 Å². The Balaban J connectivity index is 2.92. The van der Waals surface area contributed by atoms with E-state index in [2.05, 4.69) is 13.8 Å². The van der Waals surface area contributed by atoms with E-state index >= 15 is 0 Å². The Bertz CT molecular complexity index is 170. The zero-order chi connectivity index (χ0) is 16.8. The molecular weight excluding hydrogens is 280 g/mol. The fourth-order valence-electron chi connectivity index (χ4n) is 3.06. The van der Waals surface area contributed by atoms with Crippen LogP contribution in [0.25, 0.3) is 0 Å². The van der Waals surface area contributed by atoms with Crippen molar-refractivity contribution in [1.82, 2.24) is 0 Å². The van der Waals surface area contributed by atoms with Gasteiger partial charge in [-0.2, -0.15) is 0 Å². The maximum absolute atomic E-state index is 5.55. The van der Waals surface area contributed by atoms with Crippen molar-refractivity contribution in [3.05, 3.63) is 6.92 Å². The highest BCUT2D eigenvalue weighted by molar-refractivity contribution is 4.50. The maximum Gasteiger partial charge on any atom is 0.0466 e. The van der Waals surface area contributed by atoms with E-state index in [9.17, 15) is 0 Å². The molecule has 0 aromatic heterocycles. The van der Waals surface area contributed by atoms with Crippen molar-refractivity contribution in [2.75, 3.05) is 13.2 Å². The molecule has 0 bridgehead atoms. The summed E-state index contributed by atoms with van der Waals surface area (Å²) in [6, 6.07) is 0. The summed E-state index contributed by atoms with van der Waals surface area (Å²) < 4.78 is 5.55. The van der Waals surface area contributed by atoms with Crippen molar-refractivity contribution in [3.8, 4) is 0 Å². The molecule has 0 saturated heterocycles. The lowest BCUT2D eigenvalue weighted by Gasteiger charge is -2.04. The average Bonchev–Trinajstić information content (AvgIpc) is 2.57. The lowest BCUT2D eigenvalue weighted by atomic mass is 10.0. The monoisotopic (exact) mass is 325 g/mol. The minimum atomic E-state index is 0.905. The highest BCUT2D eigenvalue weighted by Crippen LogP contribution is 2.13. The summed E-state index contributed by atoms with van der Waals surface area (Å²) in [6.45, 7) is 7.98. The SMILES string of the molecule is [CH2]CCCOCCCCCCCCCCCCCCCCCC. The highest BCUT2D eigenvalue weighted by Gasteiger charge is 1.95. The summed E-state index contributed by atoms with van der Waals surface area (Å²) in [6.07, 6.45) is 25.0. The van der Waals surface area contributed by atoms with Gasteiger partial charge in [0, 0.05) is 13.2 Å². The van der Waals surface area contributed by atoms with Crippen LogP contribution < -0.4 is 0 Å². The van der Waals surface area contributed by atoms with Gasteiger partial charge in [0.2, 0.25) is 0 Å². The molecule has 0 aromatic carbocycles. The van der Waals surface area contributed by atoms with Crippen LogP contribution in [0, 0.1) is 6.92 Å². The van der Waals surface area contributed by atoms with Crippen LogP contribution in [0.3, 0.4) is 0 Å². The van der Waals surface area contributed by atoms with Crippen molar-refractivity contribution in [3.63, 3.8) is 0 Å². The Morgan fingerprint density at radius 3 is 1.22 bits per heavy atom. The second kappa shape index (κ2) is 22.0. The molecule has 0 N–H and O–H groups in total. The van der Waals surface area contributed by atoms with Crippen LogP contribution in [-0.4, -0.2) is 13.2 Å². The van der Waals surface area contributed by atoms with E-state index in [0.29, 0.717) is 0 Å². The number of rotatable bonds is 20. The lowest BCUT2D eigenvalue weighted by molar-refractivity contribution is 0.128. The summed E-state index contributed by atoms with van der Waals surface area (Å²) >= 11 is 0. The third kappa shape index (κ3) is 22.0. The molecule has 0 spiro atoms. The quantitative estimate of drug-likeness (QED) is 0.207. The van der Waals surface area contributed by atoms with E-state index in [-0.39, 0.29) is 0 Å². The average molecular weight is 326 g/mol. The summed E-state index contributed by atoms with van der Waals surface area (Å²) in [5, 5.41) is 0. The molecule has 0 amide bonds. The molecule has 0 heterocycles. The molecule has 0 aliphatic heterocycles. The second-order valence-electron chi connectivity index (χ2n) is 7.12. The van der Waals surface area contributed by atoms with E-state index in [1.165, 1.54) is 103 Å². The standard InChI is InChI=1S/C22H45O/c1-3-5-7-8-9-10-11-12-13-14-15-16-17-18-19-20-22-23-21-6-4-2/h2-22H2,1H3. The molecular formula is C22H45O. The fraction of sp³-hybridized carbons (Fsp3) is 0.955. The Morgan fingerprint density at radius 2 is 0.826 bits per heavy atom. The molecule has 139 valence electrons. The largest absolute Gasteiger partial charge is 0.381 e. The smallest absolute Gasteiger partial charge is 0.0466 e. The van der Waals surface area contributed by atoms with Gasteiger partial charge in [-0.25, -0.2) is 0 Å². The molecule has 0 saturated carbocycles. The van der Waals surface area contributed by atoms with Gasteiger partial charge >= 0.3 is 0 Å². The minimum absolute atomic E-state index is 0.905. The van der Waals surface area contributed by atoms with Crippen LogP contribution >= 0.6 is 0 Å². The predicted octanol–water partition coefficient (Wildman–Crippen LogP) is 7.88. The third-order valence-electron chi connectivity index (χ3n) is 4.68.